The van der Waals surface area contributed by atoms with Gasteiger partial charge in [0, 0.05) is 10.2 Å². The van der Waals surface area contributed by atoms with Gasteiger partial charge in [0.1, 0.15) is 10.7 Å². The van der Waals surface area contributed by atoms with Crippen molar-refractivity contribution in [1.29, 1.82) is 0 Å². The predicted molar refractivity (Wildman–Crippen MR) is 101 cm³/mol. The van der Waals surface area contributed by atoms with Gasteiger partial charge >= 0.3 is 5.97 Å². The smallest absolute Gasteiger partial charge is 0.337 e. The number of nitrogens with zero attached hydrogens (tertiary/aromatic N) is 1. The number of esters is 1. The van der Waals surface area contributed by atoms with E-state index < -0.39 is 17.8 Å². The van der Waals surface area contributed by atoms with Crippen LogP contribution in [-0.2, 0) is 14.3 Å². The highest BCUT2D eigenvalue weighted by molar-refractivity contribution is 9.10. The zero-order valence-corrected chi connectivity index (χ0v) is 15.8. The van der Waals surface area contributed by atoms with Crippen LogP contribution in [0.25, 0.3) is 0 Å². The minimum Gasteiger partial charge on any atom is -0.465 e. The van der Waals surface area contributed by atoms with Gasteiger partial charge in [-0.25, -0.2) is 9.69 Å². The van der Waals surface area contributed by atoms with E-state index in [0.717, 1.165) is 9.37 Å². The highest BCUT2D eigenvalue weighted by Gasteiger charge is 2.38. The Balaban J connectivity index is 1.89. The van der Waals surface area contributed by atoms with Crippen LogP contribution in [0.15, 0.2) is 63.7 Å². The SMILES string of the molecule is COC(=O)c1cccc(NC2=C(Cl)C(=O)N(c3ccc(Br)cc3)C2=O)c1. The average molecular weight is 436 g/mol. The summed E-state index contributed by atoms with van der Waals surface area (Å²) in [7, 11) is 1.27. The van der Waals surface area contributed by atoms with Gasteiger partial charge in [-0.05, 0) is 42.5 Å². The summed E-state index contributed by atoms with van der Waals surface area (Å²) in [5.74, 6) is -1.71. The molecule has 26 heavy (non-hydrogen) atoms. The van der Waals surface area contributed by atoms with Crippen LogP contribution in [0.5, 0.6) is 0 Å². The number of ether oxygens (including phenoxy) is 1. The molecule has 0 bridgehead atoms. The minimum absolute atomic E-state index is 0.0541. The number of hydrogen-bond donors (Lipinski definition) is 1. The fraction of sp³-hybridized carbons (Fsp3) is 0.0556. The molecule has 8 heteroatoms. The second kappa shape index (κ2) is 7.31. The Kier molecular flexibility index (Phi) is 5.11. The molecule has 2 aromatic carbocycles. The second-order valence-corrected chi connectivity index (χ2v) is 6.60. The Hall–Kier alpha value is -2.64. The summed E-state index contributed by atoms with van der Waals surface area (Å²) in [5, 5.41) is 2.60. The lowest BCUT2D eigenvalue weighted by molar-refractivity contribution is -0.120. The summed E-state index contributed by atoms with van der Waals surface area (Å²) < 4.78 is 5.48. The first-order valence-corrected chi connectivity index (χ1v) is 8.59. The third kappa shape index (κ3) is 3.36. The van der Waals surface area contributed by atoms with E-state index in [1.807, 2.05) is 0 Å². The number of benzene rings is 2. The van der Waals surface area contributed by atoms with E-state index in [2.05, 4.69) is 26.0 Å². The van der Waals surface area contributed by atoms with Gasteiger partial charge in [-0.1, -0.05) is 33.6 Å². The highest BCUT2D eigenvalue weighted by atomic mass is 79.9. The van der Waals surface area contributed by atoms with Crippen molar-refractivity contribution in [3.05, 3.63) is 69.3 Å². The molecule has 0 saturated heterocycles. The third-order valence-corrected chi connectivity index (χ3v) is 4.54. The molecule has 0 saturated carbocycles. The van der Waals surface area contributed by atoms with Crippen molar-refractivity contribution in [3.63, 3.8) is 0 Å². The molecule has 6 nitrogen and oxygen atoms in total. The number of hydrogen-bond acceptors (Lipinski definition) is 5. The summed E-state index contributed by atoms with van der Waals surface area (Å²) in [4.78, 5) is 37.7. The van der Waals surface area contributed by atoms with Gasteiger partial charge < -0.3 is 10.1 Å². The van der Waals surface area contributed by atoms with Gasteiger partial charge in [-0.15, -0.1) is 0 Å². The van der Waals surface area contributed by atoms with E-state index in [-0.39, 0.29) is 10.7 Å². The Morgan fingerprint density at radius 2 is 1.81 bits per heavy atom. The molecule has 0 radical (unpaired) electrons. The molecule has 0 aliphatic carbocycles. The quantitative estimate of drug-likeness (QED) is 0.586. The molecule has 2 aromatic rings. The Morgan fingerprint density at radius 1 is 1.12 bits per heavy atom. The van der Waals surface area contributed by atoms with Gasteiger partial charge in [0.15, 0.2) is 0 Å². The van der Waals surface area contributed by atoms with Gasteiger partial charge in [0.25, 0.3) is 11.8 Å². The van der Waals surface area contributed by atoms with E-state index in [9.17, 15) is 14.4 Å². The van der Waals surface area contributed by atoms with Crippen molar-refractivity contribution in [2.75, 3.05) is 17.3 Å². The molecule has 1 aliphatic heterocycles. The van der Waals surface area contributed by atoms with Crippen LogP contribution >= 0.6 is 27.5 Å². The lowest BCUT2D eigenvalue weighted by Crippen LogP contribution is -2.32. The molecule has 0 spiro atoms. The molecular weight excluding hydrogens is 424 g/mol. The number of rotatable bonds is 4. The fourth-order valence-electron chi connectivity index (χ4n) is 2.42. The van der Waals surface area contributed by atoms with Crippen LogP contribution in [0.1, 0.15) is 10.4 Å². The first-order valence-electron chi connectivity index (χ1n) is 7.42. The zero-order valence-electron chi connectivity index (χ0n) is 13.5. The number of halogens is 2. The summed E-state index contributed by atoms with van der Waals surface area (Å²) in [5.41, 5.74) is 1.08. The lowest BCUT2D eigenvalue weighted by Gasteiger charge is -2.15. The fourth-order valence-corrected chi connectivity index (χ4v) is 2.90. The molecule has 1 N–H and O–H groups in total. The van der Waals surface area contributed by atoms with Crippen molar-refractivity contribution in [1.82, 2.24) is 0 Å². The Bertz CT molecular complexity index is 940. The second-order valence-electron chi connectivity index (χ2n) is 5.31. The largest absolute Gasteiger partial charge is 0.465 e. The number of carbonyl (C=O) groups is 3. The van der Waals surface area contributed by atoms with E-state index in [1.165, 1.54) is 13.2 Å². The Morgan fingerprint density at radius 3 is 2.46 bits per heavy atom. The summed E-state index contributed by atoms with van der Waals surface area (Å²) in [6.07, 6.45) is 0. The van der Waals surface area contributed by atoms with Crippen LogP contribution in [0.2, 0.25) is 0 Å². The molecule has 0 fully saturated rings. The molecule has 0 atom stereocenters. The van der Waals surface area contributed by atoms with Crippen LogP contribution in [0.3, 0.4) is 0 Å². The number of amides is 2. The highest BCUT2D eigenvalue weighted by Crippen LogP contribution is 2.30. The zero-order chi connectivity index (χ0) is 18.8. The number of carbonyl (C=O) groups excluding carboxylic acids is 3. The number of methoxy groups -OCH3 is 1. The van der Waals surface area contributed by atoms with Crippen molar-refractivity contribution in [2.24, 2.45) is 0 Å². The third-order valence-electron chi connectivity index (χ3n) is 3.67. The molecule has 0 aromatic heterocycles. The minimum atomic E-state index is -0.620. The molecule has 1 heterocycles. The van der Waals surface area contributed by atoms with E-state index in [0.29, 0.717) is 16.9 Å². The summed E-state index contributed by atoms with van der Waals surface area (Å²) >= 11 is 9.38. The average Bonchev–Trinajstić information content (AvgIpc) is 2.86. The first kappa shape index (κ1) is 18.2. The van der Waals surface area contributed by atoms with Crippen molar-refractivity contribution >= 4 is 56.7 Å². The molecule has 2 amide bonds. The molecule has 0 unspecified atom stereocenters. The normalized spacial score (nSPS) is 14.0. The van der Waals surface area contributed by atoms with Crippen molar-refractivity contribution in [2.45, 2.75) is 0 Å². The van der Waals surface area contributed by atoms with E-state index >= 15 is 0 Å². The van der Waals surface area contributed by atoms with Crippen molar-refractivity contribution in [3.8, 4) is 0 Å². The van der Waals surface area contributed by atoms with Gasteiger partial charge in [0.2, 0.25) is 0 Å². The van der Waals surface area contributed by atoms with E-state index in [4.69, 9.17) is 11.6 Å². The van der Waals surface area contributed by atoms with Gasteiger partial charge in [0.05, 0.1) is 18.4 Å². The number of nitrogens with one attached hydrogen (secondary N) is 1. The van der Waals surface area contributed by atoms with Gasteiger partial charge in [-0.2, -0.15) is 0 Å². The monoisotopic (exact) mass is 434 g/mol. The summed E-state index contributed by atoms with van der Waals surface area (Å²) in [6, 6.07) is 13.0. The molecular formula is C18H12BrClN2O4. The number of imide groups is 1. The topological polar surface area (TPSA) is 75.7 Å². The predicted octanol–water partition coefficient (Wildman–Crippen LogP) is 3.67. The summed E-state index contributed by atoms with van der Waals surface area (Å²) in [6.45, 7) is 0. The molecule has 132 valence electrons. The first-order chi connectivity index (χ1) is 12.4. The van der Waals surface area contributed by atoms with Gasteiger partial charge in [-0.3, -0.25) is 9.59 Å². The van der Waals surface area contributed by atoms with Crippen LogP contribution in [0.4, 0.5) is 11.4 Å². The van der Waals surface area contributed by atoms with E-state index in [1.54, 1.807) is 42.5 Å². The maximum absolute atomic E-state index is 12.7. The van der Waals surface area contributed by atoms with Crippen LogP contribution in [0, 0.1) is 0 Å². The standard InChI is InChI=1S/C18H12BrClN2O4/c1-26-18(25)10-3-2-4-12(9-10)21-15-14(20)16(23)22(17(15)24)13-7-5-11(19)6-8-13/h2-9,21H,1H3. The maximum Gasteiger partial charge on any atom is 0.337 e. The number of anilines is 2. The van der Waals surface area contributed by atoms with Crippen molar-refractivity contribution < 1.29 is 19.1 Å². The maximum atomic E-state index is 12.7. The molecule has 3 rings (SSSR count). The molecule has 1 aliphatic rings. The Labute approximate surface area is 162 Å². The van der Waals surface area contributed by atoms with Crippen LogP contribution < -0.4 is 10.2 Å². The van der Waals surface area contributed by atoms with Crippen LogP contribution in [-0.4, -0.2) is 24.9 Å². The lowest BCUT2D eigenvalue weighted by atomic mass is 10.2.